The van der Waals surface area contributed by atoms with Gasteiger partial charge in [0.2, 0.25) is 5.84 Å². The number of nitrogens with one attached hydrogen (secondary N) is 2. The van der Waals surface area contributed by atoms with Crippen LogP contribution in [0.3, 0.4) is 0 Å². The maximum atomic E-state index is 11.3. The number of hydrazine groups is 1. The van der Waals surface area contributed by atoms with E-state index in [9.17, 15) is 9.90 Å². The molecule has 2 atom stereocenters. The molecule has 7 heteroatoms. The van der Waals surface area contributed by atoms with Crippen molar-refractivity contribution < 1.29 is 9.90 Å². The number of nitrogens with zero attached hydrogens (tertiary/aromatic N) is 3. The van der Waals surface area contributed by atoms with E-state index in [0.29, 0.717) is 5.70 Å². The summed E-state index contributed by atoms with van der Waals surface area (Å²) in [5.41, 5.74) is 4.53. The summed E-state index contributed by atoms with van der Waals surface area (Å²) in [4.78, 5) is 20.1. The Balaban J connectivity index is 1.83. The summed E-state index contributed by atoms with van der Waals surface area (Å²) in [6.45, 7) is 0. The molecule has 22 heavy (non-hydrogen) atoms. The molecule has 4 rings (SSSR count). The molecule has 3 aliphatic heterocycles. The van der Waals surface area contributed by atoms with E-state index in [1.165, 1.54) is 0 Å². The number of rotatable bonds is 2. The third-order valence-electron chi connectivity index (χ3n) is 3.82. The highest BCUT2D eigenvalue weighted by atomic mass is 16.4. The van der Waals surface area contributed by atoms with E-state index in [4.69, 9.17) is 0 Å². The molecule has 0 radical (unpaired) electrons. The van der Waals surface area contributed by atoms with Gasteiger partial charge in [-0.25, -0.2) is 9.79 Å². The predicted molar refractivity (Wildman–Crippen MR) is 80.8 cm³/mol. The topological polar surface area (TPSA) is 89.3 Å². The number of amidine groups is 1. The van der Waals surface area contributed by atoms with E-state index in [0.717, 1.165) is 5.56 Å². The Labute approximate surface area is 126 Å². The Morgan fingerprint density at radius 1 is 1.32 bits per heavy atom. The van der Waals surface area contributed by atoms with Gasteiger partial charge >= 0.3 is 5.97 Å². The number of carboxylic acid groups (broad SMARTS) is 1. The standard InChI is InChI=1S/C15H13N5O2/c21-14(22)13-18-15-12(7-4-8-17-15)16-9-11(20(15)19-13)10-5-2-1-3-6-10/h1-9,11,17H,(H,18,19)(H,21,22). The molecule has 1 aromatic carbocycles. The van der Waals surface area contributed by atoms with E-state index in [-0.39, 0.29) is 11.9 Å². The summed E-state index contributed by atoms with van der Waals surface area (Å²) in [6.07, 6.45) is 7.15. The van der Waals surface area contributed by atoms with Gasteiger partial charge in [0, 0.05) is 12.4 Å². The quantitative estimate of drug-likeness (QED) is 0.750. The number of benzene rings is 1. The van der Waals surface area contributed by atoms with Gasteiger partial charge in [0.15, 0.2) is 0 Å². The van der Waals surface area contributed by atoms with Crippen LogP contribution in [0.25, 0.3) is 0 Å². The van der Waals surface area contributed by atoms with Crippen molar-refractivity contribution in [2.75, 3.05) is 0 Å². The average Bonchev–Trinajstić information content (AvgIpc) is 2.94. The zero-order valence-electron chi connectivity index (χ0n) is 11.5. The largest absolute Gasteiger partial charge is 0.475 e. The maximum Gasteiger partial charge on any atom is 0.372 e. The molecule has 0 aromatic heterocycles. The van der Waals surface area contributed by atoms with E-state index >= 15 is 0 Å². The molecule has 3 N–H and O–H groups in total. The van der Waals surface area contributed by atoms with Gasteiger partial charge in [0.25, 0.3) is 5.79 Å². The third-order valence-corrected chi connectivity index (χ3v) is 3.82. The molecule has 0 amide bonds. The van der Waals surface area contributed by atoms with E-state index in [2.05, 4.69) is 20.7 Å². The first kappa shape index (κ1) is 12.8. The minimum absolute atomic E-state index is 0.111. The fourth-order valence-corrected chi connectivity index (χ4v) is 2.81. The highest BCUT2D eigenvalue weighted by Crippen LogP contribution is 2.38. The van der Waals surface area contributed by atoms with Gasteiger partial charge in [-0.1, -0.05) is 30.3 Å². The van der Waals surface area contributed by atoms with E-state index < -0.39 is 11.8 Å². The van der Waals surface area contributed by atoms with Gasteiger partial charge < -0.3 is 10.4 Å². The molecule has 2 unspecified atom stereocenters. The lowest BCUT2D eigenvalue weighted by Crippen LogP contribution is -2.61. The van der Waals surface area contributed by atoms with Crippen LogP contribution >= 0.6 is 0 Å². The fraction of sp³-hybridized carbons (Fsp3) is 0.133. The van der Waals surface area contributed by atoms with Crippen LogP contribution in [-0.4, -0.2) is 33.9 Å². The number of hydrogen-bond acceptors (Lipinski definition) is 6. The maximum absolute atomic E-state index is 11.3. The Kier molecular flexibility index (Phi) is 2.64. The van der Waals surface area contributed by atoms with Gasteiger partial charge in [-0.05, 0) is 17.7 Å². The molecule has 0 saturated carbocycles. The molecular formula is C15H13N5O2. The highest BCUT2D eigenvalue weighted by Gasteiger charge is 2.52. The van der Waals surface area contributed by atoms with Crippen LogP contribution in [0.15, 0.2) is 64.4 Å². The lowest BCUT2D eigenvalue weighted by molar-refractivity contribution is -0.129. The Hall–Kier alpha value is -2.93. The molecule has 0 saturated heterocycles. The third kappa shape index (κ3) is 1.69. The second kappa shape index (κ2) is 4.54. The molecule has 7 nitrogen and oxygen atoms in total. The molecule has 110 valence electrons. The summed E-state index contributed by atoms with van der Waals surface area (Å²) < 4.78 is 0. The Bertz CT molecular complexity index is 752. The van der Waals surface area contributed by atoms with Crippen LogP contribution < -0.4 is 10.7 Å². The Morgan fingerprint density at radius 3 is 2.91 bits per heavy atom. The molecule has 0 bridgehead atoms. The molecule has 3 heterocycles. The van der Waals surface area contributed by atoms with Crippen molar-refractivity contribution in [2.45, 2.75) is 11.8 Å². The van der Waals surface area contributed by atoms with Crippen molar-refractivity contribution in [1.82, 2.24) is 15.8 Å². The van der Waals surface area contributed by atoms with Gasteiger partial charge in [-0.15, -0.1) is 0 Å². The molecule has 0 aliphatic carbocycles. The van der Waals surface area contributed by atoms with Gasteiger partial charge in [0.1, 0.15) is 5.70 Å². The molecule has 1 aromatic rings. The normalized spacial score (nSPS) is 28.8. The van der Waals surface area contributed by atoms with Crippen LogP contribution in [-0.2, 0) is 4.79 Å². The SMILES string of the molecule is O=C(O)C1=NC23NC=CC=C2N=CC(c2ccccc2)N3N1. The predicted octanol–water partition coefficient (Wildman–Crippen LogP) is 0.770. The molecule has 0 fully saturated rings. The number of carboxylic acids is 1. The van der Waals surface area contributed by atoms with Crippen LogP contribution in [0.1, 0.15) is 11.6 Å². The van der Waals surface area contributed by atoms with Crippen LogP contribution in [0.2, 0.25) is 0 Å². The lowest BCUT2D eigenvalue weighted by atomic mass is 10.0. The van der Waals surface area contributed by atoms with Gasteiger partial charge in [0.05, 0.1) is 6.04 Å². The van der Waals surface area contributed by atoms with E-state index in [1.807, 2.05) is 42.5 Å². The number of dihydropyridines is 1. The van der Waals surface area contributed by atoms with Crippen molar-refractivity contribution in [1.29, 1.82) is 0 Å². The fourth-order valence-electron chi connectivity index (χ4n) is 2.81. The van der Waals surface area contributed by atoms with E-state index in [1.54, 1.807) is 17.4 Å². The summed E-state index contributed by atoms with van der Waals surface area (Å²) in [7, 11) is 0. The Morgan fingerprint density at radius 2 is 2.14 bits per heavy atom. The number of allylic oxidation sites excluding steroid dienone is 2. The highest BCUT2D eigenvalue weighted by molar-refractivity contribution is 6.35. The van der Waals surface area contributed by atoms with Crippen LogP contribution in [0.5, 0.6) is 0 Å². The first-order valence-corrected chi connectivity index (χ1v) is 6.84. The van der Waals surface area contributed by atoms with Gasteiger partial charge in [-0.3, -0.25) is 10.4 Å². The average molecular weight is 295 g/mol. The van der Waals surface area contributed by atoms with Crippen molar-refractivity contribution in [3.63, 3.8) is 0 Å². The summed E-state index contributed by atoms with van der Waals surface area (Å²) in [5, 5.41) is 14.2. The van der Waals surface area contributed by atoms with Crippen LogP contribution in [0.4, 0.5) is 0 Å². The molecular weight excluding hydrogens is 282 g/mol. The number of carbonyl (C=O) groups is 1. The zero-order chi connectivity index (χ0) is 15.2. The minimum Gasteiger partial charge on any atom is -0.475 e. The molecule has 3 aliphatic rings. The monoisotopic (exact) mass is 295 g/mol. The van der Waals surface area contributed by atoms with Crippen molar-refractivity contribution in [3.8, 4) is 0 Å². The summed E-state index contributed by atoms with van der Waals surface area (Å²) in [6, 6.07) is 9.51. The first-order chi connectivity index (χ1) is 10.7. The smallest absolute Gasteiger partial charge is 0.372 e. The second-order valence-corrected chi connectivity index (χ2v) is 5.11. The van der Waals surface area contributed by atoms with Crippen molar-refractivity contribution >= 4 is 18.0 Å². The van der Waals surface area contributed by atoms with Crippen molar-refractivity contribution in [2.24, 2.45) is 9.98 Å². The number of aliphatic carboxylic acids is 1. The molecule has 1 spiro atoms. The zero-order valence-corrected chi connectivity index (χ0v) is 11.5. The second-order valence-electron chi connectivity index (χ2n) is 5.11. The van der Waals surface area contributed by atoms with Crippen LogP contribution in [0, 0.1) is 0 Å². The number of aliphatic imine (C=N–C) groups is 2. The van der Waals surface area contributed by atoms with Crippen molar-refractivity contribution in [3.05, 3.63) is 59.9 Å². The summed E-state index contributed by atoms with van der Waals surface area (Å²) >= 11 is 0. The van der Waals surface area contributed by atoms with Gasteiger partial charge in [-0.2, -0.15) is 5.01 Å². The minimum atomic E-state index is -1.11. The number of hydrogen-bond donors (Lipinski definition) is 3. The first-order valence-electron chi connectivity index (χ1n) is 6.84. The summed E-state index contributed by atoms with van der Waals surface area (Å²) in [5.74, 6) is -2.25. The lowest BCUT2D eigenvalue weighted by Gasteiger charge is -2.43.